The molecule has 8 heteroatoms. The number of nitrogens with zero attached hydrogens (tertiary/aromatic N) is 3. The lowest BCUT2D eigenvalue weighted by Crippen LogP contribution is -2.30. The molecule has 0 spiro atoms. The first-order chi connectivity index (χ1) is 15.5. The predicted molar refractivity (Wildman–Crippen MR) is 127 cm³/mol. The minimum absolute atomic E-state index is 0.231. The molecule has 1 heterocycles. The lowest BCUT2D eigenvalue weighted by atomic mass is 10.3. The standard InChI is InChI=1S/C24H29N5O3/c1-4-14-31-22-15-25-24(28-23(22)26-18-8-6-5-7-9-18)27-19-10-12-21(13-11-19)32-17-20(30)16-29(2)3/h4-13,15,20,30H,1,14,16-17H2,2-3H3,(H2,25,26,27,28). The fraction of sp³-hybridized carbons (Fsp3) is 0.250. The third-order valence-corrected chi connectivity index (χ3v) is 4.28. The zero-order valence-corrected chi connectivity index (χ0v) is 18.4. The second kappa shape index (κ2) is 11.7. The highest BCUT2D eigenvalue weighted by atomic mass is 16.5. The van der Waals surface area contributed by atoms with Gasteiger partial charge in [-0.3, -0.25) is 0 Å². The van der Waals surface area contributed by atoms with Crippen molar-refractivity contribution in [2.75, 3.05) is 44.5 Å². The summed E-state index contributed by atoms with van der Waals surface area (Å²) in [6.45, 7) is 4.81. The van der Waals surface area contributed by atoms with E-state index in [0.29, 0.717) is 36.4 Å². The molecule has 2 aromatic carbocycles. The SMILES string of the molecule is C=CCOc1cnc(Nc2ccc(OCC(O)CN(C)C)cc2)nc1Nc1ccccc1. The maximum Gasteiger partial charge on any atom is 0.229 e. The molecule has 0 aliphatic heterocycles. The van der Waals surface area contributed by atoms with E-state index in [-0.39, 0.29) is 6.61 Å². The summed E-state index contributed by atoms with van der Waals surface area (Å²) < 4.78 is 11.3. The van der Waals surface area contributed by atoms with Gasteiger partial charge in [0, 0.05) is 17.9 Å². The van der Waals surface area contributed by atoms with Crippen LogP contribution < -0.4 is 20.1 Å². The van der Waals surface area contributed by atoms with Crippen molar-refractivity contribution in [3.63, 3.8) is 0 Å². The second-order valence-electron chi connectivity index (χ2n) is 7.37. The summed E-state index contributed by atoms with van der Waals surface area (Å²) in [5.41, 5.74) is 1.69. The van der Waals surface area contributed by atoms with Crippen LogP contribution in [0, 0.1) is 0 Å². The normalized spacial score (nSPS) is 11.6. The average molecular weight is 436 g/mol. The maximum atomic E-state index is 9.92. The van der Waals surface area contributed by atoms with Gasteiger partial charge in [-0.05, 0) is 50.5 Å². The fourth-order valence-electron chi connectivity index (χ4n) is 2.86. The second-order valence-corrected chi connectivity index (χ2v) is 7.37. The van der Waals surface area contributed by atoms with E-state index in [1.54, 1.807) is 12.3 Å². The highest BCUT2D eigenvalue weighted by Gasteiger charge is 2.10. The van der Waals surface area contributed by atoms with Crippen LogP contribution in [-0.4, -0.2) is 59.9 Å². The molecule has 0 bridgehead atoms. The van der Waals surface area contributed by atoms with Gasteiger partial charge in [-0.1, -0.05) is 30.9 Å². The molecule has 0 radical (unpaired) electrons. The number of ether oxygens (including phenoxy) is 2. The van der Waals surface area contributed by atoms with Crippen LogP contribution in [0.3, 0.4) is 0 Å². The number of aliphatic hydroxyl groups excluding tert-OH is 1. The van der Waals surface area contributed by atoms with Crippen LogP contribution in [-0.2, 0) is 0 Å². The van der Waals surface area contributed by atoms with E-state index < -0.39 is 6.10 Å². The van der Waals surface area contributed by atoms with Crippen molar-refractivity contribution in [2.24, 2.45) is 0 Å². The van der Waals surface area contributed by atoms with Gasteiger partial charge in [-0.2, -0.15) is 4.98 Å². The van der Waals surface area contributed by atoms with E-state index in [9.17, 15) is 5.11 Å². The van der Waals surface area contributed by atoms with Crippen molar-refractivity contribution < 1.29 is 14.6 Å². The van der Waals surface area contributed by atoms with Gasteiger partial charge >= 0.3 is 0 Å². The number of nitrogens with one attached hydrogen (secondary N) is 2. The van der Waals surface area contributed by atoms with Gasteiger partial charge < -0.3 is 30.1 Å². The Morgan fingerprint density at radius 2 is 1.75 bits per heavy atom. The minimum atomic E-state index is -0.548. The fourth-order valence-corrected chi connectivity index (χ4v) is 2.86. The molecule has 168 valence electrons. The number of benzene rings is 2. The van der Waals surface area contributed by atoms with Crippen molar-refractivity contribution in [2.45, 2.75) is 6.10 Å². The Labute approximate surface area is 188 Å². The summed E-state index contributed by atoms with van der Waals surface area (Å²) in [4.78, 5) is 10.8. The van der Waals surface area contributed by atoms with Crippen LogP contribution >= 0.6 is 0 Å². The number of likely N-dealkylation sites (N-methyl/N-ethyl adjacent to an activating group) is 1. The van der Waals surface area contributed by atoms with Gasteiger partial charge in [0.15, 0.2) is 11.6 Å². The molecule has 3 aromatic rings. The lowest BCUT2D eigenvalue weighted by Gasteiger charge is -2.16. The van der Waals surface area contributed by atoms with Crippen LogP contribution in [0.25, 0.3) is 0 Å². The van der Waals surface area contributed by atoms with Crippen molar-refractivity contribution in [1.29, 1.82) is 0 Å². The molecular weight excluding hydrogens is 406 g/mol. The molecule has 8 nitrogen and oxygen atoms in total. The highest BCUT2D eigenvalue weighted by Crippen LogP contribution is 2.27. The van der Waals surface area contributed by atoms with Crippen LogP contribution in [0.5, 0.6) is 11.5 Å². The summed E-state index contributed by atoms with van der Waals surface area (Å²) in [6.07, 6.45) is 2.74. The molecule has 0 saturated carbocycles. The molecule has 0 aliphatic carbocycles. The first kappa shape index (κ1) is 23.1. The van der Waals surface area contributed by atoms with E-state index in [1.165, 1.54) is 0 Å². The number of hydrogen-bond donors (Lipinski definition) is 3. The third kappa shape index (κ3) is 7.26. The summed E-state index contributed by atoms with van der Waals surface area (Å²) >= 11 is 0. The van der Waals surface area contributed by atoms with Crippen molar-refractivity contribution >= 4 is 23.1 Å². The Bertz CT molecular complexity index is 981. The Morgan fingerprint density at radius 1 is 1.03 bits per heavy atom. The number of hydrogen-bond acceptors (Lipinski definition) is 8. The van der Waals surface area contributed by atoms with Gasteiger partial charge in [0.05, 0.1) is 6.20 Å². The van der Waals surface area contributed by atoms with Crippen LogP contribution in [0.15, 0.2) is 73.4 Å². The molecule has 3 N–H and O–H groups in total. The first-order valence-corrected chi connectivity index (χ1v) is 10.3. The first-order valence-electron chi connectivity index (χ1n) is 10.3. The lowest BCUT2D eigenvalue weighted by molar-refractivity contribution is 0.0831. The molecule has 0 fully saturated rings. The molecule has 1 unspecified atom stereocenters. The minimum Gasteiger partial charge on any atom is -0.491 e. The number of rotatable bonds is 12. The molecule has 0 aliphatic rings. The zero-order valence-electron chi connectivity index (χ0n) is 18.4. The van der Waals surface area contributed by atoms with E-state index >= 15 is 0 Å². The molecule has 1 aromatic heterocycles. The van der Waals surface area contributed by atoms with Crippen molar-refractivity contribution in [1.82, 2.24) is 14.9 Å². The monoisotopic (exact) mass is 435 g/mol. The number of aromatic nitrogens is 2. The smallest absolute Gasteiger partial charge is 0.229 e. The van der Waals surface area contributed by atoms with Crippen molar-refractivity contribution in [3.05, 3.63) is 73.4 Å². The van der Waals surface area contributed by atoms with Crippen LogP contribution in [0.4, 0.5) is 23.1 Å². The number of para-hydroxylation sites is 1. The zero-order chi connectivity index (χ0) is 22.8. The van der Waals surface area contributed by atoms with E-state index in [2.05, 4.69) is 27.2 Å². The Kier molecular flexibility index (Phi) is 8.42. The third-order valence-electron chi connectivity index (χ3n) is 4.28. The highest BCUT2D eigenvalue weighted by molar-refractivity contribution is 5.64. The molecule has 1 atom stereocenters. The summed E-state index contributed by atoms with van der Waals surface area (Å²) in [5.74, 6) is 2.17. The van der Waals surface area contributed by atoms with Gasteiger partial charge in [0.2, 0.25) is 5.95 Å². The van der Waals surface area contributed by atoms with Gasteiger partial charge in [0.1, 0.15) is 25.1 Å². The Balaban J connectivity index is 1.67. The number of anilines is 4. The van der Waals surface area contributed by atoms with Crippen LogP contribution in [0.1, 0.15) is 0 Å². The largest absolute Gasteiger partial charge is 0.491 e. The average Bonchev–Trinajstić information content (AvgIpc) is 2.78. The van der Waals surface area contributed by atoms with E-state index in [0.717, 1.165) is 11.4 Å². The quantitative estimate of drug-likeness (QED) is 0.370. The van der Waals surface area contributed by atoms with Crippen LogP contribution in [0.2, 0.25) is 0 Å². The van der Waals surface area contributed by atoms with Gasteiger partial charge in [-0.25, -0.2) is 4.98 Å². The van der Waals surface area contributed by atoms with Gasteiger partial charge in [-0.15, -0.1) is 0 Å². The van der Waals surface area contributed by atoms with Crippen molar-refractivity contribution in [3.8, 4) is 11.5 Å². The van der Waals surface area contributed by atoms with Gasteiger partial charge in [0.25, 0.3) is 0 Å². The van der Waals surface area contributed by atoms with E-state index in [4.69, 9.17) is 9.47 Å². The molecule has 3 rings (SSSR count). The maximum absolute atomic E-state index is 9.92. The summed E-state index contributed by atoms with van der Waals surface area (Å²) in [6, 6.07) is 17.1. The molecule has 0 saturated heterocycles. The Hall–Kier alpha value is -3.62. The summed E-state index contributed by atoms with van der Waals surface area (Å²) in [5, 5.41) is 16.4. The molecular formula is C24H29N5O3. The Morgan fingerprint density at radius 3 is 2.44 bits per heavy atom. The summed E-state index contributed by atoms with van der Waals surface area (Å²) in [7, 11) is 3.81. The number of aliphatic hydroxyl groups is 1. The predicted octanol–water partition coefficient (Wildman–Crippen LogP) is 3.83. The molecule has 0 amide bonds. The molecule has 32 heavy (non-hydrogen) atoms. The van der Waals surface area contributed by atoms with E-state index in [1.807, 2.05) is 73.6 Å². The topological polar surface area (TPSA) is 91.8 Å².